The minimum atomic E-state index is -4.47. The van der Waals surface area contributed by atoms with Gasteiger partial charge in [-0.3, -0.25) is 9.59 Å². The molecule has 41 heavy (non-hydrogen) atoms. The number of halogens is 4. The number of hydrogen-bond donors (Lipinski definition) is 2. The number of benzene rings is 2. The van der Waals surface area contributed by atoms with Gasteiger partial charge in [0.15, 0.2) is 6.61 Å². The van der Waals surface area contributed by atoms with Gasteiger partial charge in [-0.25, -0.2) is 9.07 Å². The number of rotatable bonds is 6. The molecule has 2 aliphatic carbocycles. The summed E-state index contributed by atoms with van der Waals surface area (Å²) in [6, 6.07) is 11.2. The molecule has 12 heteroatoms. The molecule has 3 aliphatic rings. The van der Waals surface area contributed by atoms with Gasteiger partial charge in [-0.2, -0.15) is 23.5 Å². The second-order valence-corrected chi connectivity index (χ2v) is 11.0. The van der Waals surface area contributed by atoms with Crippen molar-refractivity contribution < 1.29 is 31.9 Å². The average molecular weight is 568 g/mol. The number of alkyl halides is 3. The molecule has 3 aromatic rings. The monoisotopic (exact) mass is 567 g/mol. The Morgan fingerprint density at radius 1 is 1.22 bits per heavy atom. The molecule has 0 saturated heterocycles. The zero-order chi connectivity index (χ0) is 29.2. The Hall–Kier alpha value is -4.40. The average Bonchev–Trinajstić information content (AvgIpc) is 3.50. The molecule has 2 N–H and O–H groups in total. The van der Waals surface area contributed by atoms with E-state index in [1.165, 1.54) is 16.8 Å². The number of ether oxygens (including phenoxy) is 1. The number of nitrogens with zero attached hydrogens (tertiary/aromatic N) is 3. The van der Waals surface area contributed by atoms with Crippen molar-refractivity contribution in [3.8, 4) is 17.5 Å². The highest BCUT2D eigenvalue weighted by Gasteiger charge is 2.48. The van der Waals surface area contributed by atoms with Crippen molar-refractivity contribution in [2.75, 3.05) is 13.2 Å². The Morgan fingerprint density at radius 2 is 2.00 bits per heavy atom. The quantitative estimate of drug-likeness (QED) is 0.429. The van der Waals surface area contributed by atoms with E-state index in [1.807, 2.05) is 0 Å². The lowest BCUT2D eigenvalue weighted by Crippen LogP contribution is -2.50. The predicted molar refractivity (Wildman–Crippen MR) is 137 cm³/mol. The minimum absolute atomic E-state index is 0.0570. The summed E-state index contributed by atoms with van der Waals surface area (Å²) in [5.41, 5.74) is 0.985. The molecule has 1 aliphatic heterocycles. The summed E-state index contributed by atoms with van der Waals surface area (Å²) in [5, 5.41) is 19.8. The number of carbonyl (C=O) groups is 2. The lowest BCUT2D eigenvalue weighted by Gasteiger charge is -2.35. The molecule has 212 valence electrons. The standard InChI is InChI=1S/C29H25F4N5O3/c1-16-2-3-18(11-21(16)30)38-24(26(40)35-14-27(13-34)8-9-27)23-22(37-38)12-28(36-25(23)39)7-6-17-10-19(4-5-20(17)28)41-15-29(31,32)33/h2-5,10-11H,6-9,12,14-15H2,1H3,(H,35,40)(H,36,39)/t28-/m0/s1. The van der Waals surface area contributed by atoms with Crippen LogP contribution in [0.15, 0.2) is 36.4 Å². The number of aromatic nitrogens is 2. The van der Waals surface area contributed by atoms with Crippen molar-refractivity contribution in [1.29, 1.82) is 5.26 Å². The van der Waals surface area contributed by atoms with Gasteiger partial charge in [0, 0.05) is 13.0 Å². The maximum atomic E-state index is 14.5. The molecule has 6 rings (SSSR count). The van der Waals surface area contributed by atoms with Crippen LogP contribution in [-0.2, 0) is 18.4 Å². The van der Waals surface area contributed by atoms with Crippen molar-refractivity contribution in [1.82, 2.24) is 20.4 Å². The van der Waals surface area contributed by atoms with Crippen LogP contribution in [0.5, 0.6) is 5.75 Å². The molecule has 2 heterocycles. The van der Waals surface area contributed by atoms with E-state index < -0.39 is 41.4 Å². The zero-order valence-corrected chi connectivity index (χ0v) is 22.0. The van der Waals surface area contributed by atoms with Crippen LogP contribution in [0.1, 0.15) is 62.5 Å². The van der Waals surface area contributed by atoms with E-state index in [0.29, 0.717) is 36.9 Å². The summed E-state index contributed by atoms with van der Waals surface area (Å²) < 4.78 is 58.6. The number of amides is 2. The SMILES string of the molecule is Cc1ccc(-n2nc3c(c2C(=O)NCC2(C#N)CC2)C(=O)N[C@@]2(CCc4cc(OCC(F)(F)F)ccc42)C3)cc1F. The molecule has 8 nitrogen and oxygen atoms in total. The number of nitrogens with one attached hydrogen (secondary N) is 2. The molecule has 0 radical (unpaired) electrons. The molecular weight excluding hydrogens is 542 g/mol. The fourth-order valence-corrected chi connectivity index (χ4v) is 5.65. The number of nitriles is 1. The van der Waals surface area contributed by atoms with Gasteiger partial charge < -0.3 is 15.4 Å². The molecule has 0 unspecified atom stereocenters. The van der Waals surface area contributed by atoms with Crippen LogP contribution >= 0.6 is 0 Å². The molecule has 1 spiro atoms. The lowest BCUT2D eigenvalue weighted by atomic mass is 9.82. The second-order valence-electron chi connectivity index (χ2n) is 11.0. The van der Waals surface area contributed by atoms with Gasteiger partial charge in [0.1, 0.15) is 17.3 Å². The van der Waals surface area contributed by atoms with Gasteiger partial charge in [-0.15, -0.1) is 0 Å². The lowest BCUT2D eigenvalue weighted by molar-refractivity contribution is -0.153. The summed E-state index contributed by atoms with van der Waals surface area (Å²) >= 11 is 0. The summed E-state index contributed by atoms with van der Waals surface area (Å²) in [4.78, 5) is 27.2. The molecule has 1 aromatic heterocycles. The molecule has 1 saturated carbocycles. The normalized spacial score (nSPS) is 20.1. The van der Waals surface area contributed by atoms with Crippen LogP contribution in [0.25, 0.3) is 5.69 Å². The highest BCUT2D eigenvalue weighted by Crippen LogP contribution is 2.45. The Balaban J connectivity index is 1.37. The summed E-state index contributed by atoms with van der Waals surface area (Å²) in [7, 11) is 0. The fourth-order valence-electron chi connectivity index (χ4n) is 5.65. The highest BCUT2D eigenvalue weighted by molar-refractivity contribution is 6.08. The van der Waals surface area contributed by atoms with Gasteiger partial charge in [0.25, 0.3) is 11.8 Å². The van der Waals surface area contributed by atoms with Gasteiger partial charge in [-0.1, -0.05) is 12.1 Å². The van der Waals surface area contributed by atoms with Gasteiger partial charge in [-0.05, 0) is 73.6 Å². The van der Waals surface area contributed by atoms with Crippen LogP contribution < -0.4 is 15.4 Å². The molecule has 2 amide bonds. The summed E-state index contributed by atoms with van der Waals surface area (Å²) in [6.45, 7) is 0.308. The summed E-state index contributed by atoms with van der Waals surface area (Å²) in [6.07, 6.45) is -1.97. The van der Waals surface area contributed by atoms with E-state index in [1.54, 1.807) is 31.2 Å². The number of fused-ring (bicyclic) bond motifs is 3. The Bertz CT molecular complexity index is 1640. The second kappa shape index (κ2) is 9.33. The van der Waals surface area contributed by atoms with Crippen molar-refractivity contribution in [3.63, 3.8) is 0 Å². The molecule has 1 atom stereocenters. The van der Waals surface area contributed by atoms with Crippen LogP contribution in [0.3, 0.4) is 0 Å². The number of carbonyl (C=O) groups excluding carboxylic acids is 2. The third kappa shape index (κ3) is 4.79. The van der Waals surface area contributed by atoms with Crippen molar-refractivity contribution >= 4 is 11.8 Å². The van der Waals surface area contributed by atoms with E-state index >= 15 is 0 Å². The van der Waals surface area contributed by atoms with Crippen LogP contribution in [-0.4, -0.2) is 40.9 Å². The molecular formula is C29H25F4N5O3. The Kier molecular flexibility index (Phi) is 6.10. The predicted octanol–water partition coefficient (Wildman–Crippen LogP) is 4.42. The van der Waals surface area contributed by atoms with E-state index in [9.17, 15) is 32.4 Å². The summed E-state index contributed by atoms with van der Waals surface area (Å²) in [5.74, 6) is -1.57. The fraction of sp³-hybridized carbons (Fsp3) is 0.379. The van der Waals surface area contributed by atoms with Crippen LogP contribution in [0.4, 0.5) is 17.6 Å². The van der Waals surface area contributed by atoms with Crippen molar-refractivity contribution in [2.24, 2.45) is 5.41 Å². The third-order valence-corrected chi connectivity index (χ3v) is 8.12. The van der Waals surface area contributed by atoms with Crippen molar-refractivity contribution in [3.05, 3.63) is 75.9 Å². The molecule has 1 fully saturated rings. The van der Waals surface area contributed by atoms with Crippen molar-refractivity contribution in [2.45, 2.75) is 50.7 Å². The van der Waals surface area contributed by atoms with E-state index in [-0.39, 0.29) is 35.7 Å². The third-order valence-electron chi connectivity index (χ3n) is 8.12. The number of aryl methyl sites for hydroxylation is 2. The Labute approximate surface area is 232 Å². The van der Waals surface area contributed by atoms with Gasteiger partial charge >= 0.3 is 6.18 Å². The van der Waals surface area contributed by atoms with Gasteiger partial charge in [0.2, 0.25) is 0 Å². The maximum absolute atomic E-state index is 14.5. The van der Waals surface area contributed by atoms with Crippen LogP contribution in [0.2, 0.25) is 0 Å². The molecule has 2 aromatic carbocycles. The first kappa shape index (κ1) is 26.8. The highest BCUT2D eigenvalue weighted by atomic mass is 19.4. The smallest absolute Gasteiger partial charge is 0.422 e. The number of hydrogen-bond acceptors (Lipinski definition) is 5. The largest absolute Gasteiger partial charge is 0.484 e. The van der Waals surface area contributed by atoms with Crippen LogP contribution in [0, 0.1) is 29.5 Å². The zero-order valence-electron chi connectivity index (χ0n) is 22.0. The first-order chi connectivity index (χ1) is 19.4. The molecule has 0 bridgehead atoms. The Morgan fingerprint density at radius 3 is 2.68 bits per heavy atom. The van der Waals surface area contributed by atoms with E-state index in [4.69, 9.17) is 4.74 Å². The first-order valence-electron chi connectivity index (χ1n) is 13.2. The van der Waals surface area contributed by atoms with Gasteiger partial charge in [0.05, 0.1) is 34.0 Å². The maximum Gasteiger partial charge on any atom is 0.422 e. The minimum Gasteiger partial charge on any atom is -0.484 e. The van der Waals surface area contributed by atoms with E-state index in [2.05, 4.69) is 21.8 Å². The topological polar surface area (TPSA) is 109 Å². The first-order valence-corrected chi connectivity index (χ1v) is 13.2. The van der Waals surface area contributed by atoms with E-state index in [0.717, 1.165) is 11.1 Å².